The lowest BCUT2D eigenvalue weighted by Crippen LogP contribution is -2.00. The van der Waals surface area contributed by atoms with E-state index >= 15 is 0 Å². The zero-order valence-corrected chi connectivity index (χ0v) is 12.2. The second kappa shape index (κ2) is 5.25. The third kappa shape index (κ3) is 2.76. The Morgan fingerprint density at radius 1 is 1.05 bits per heavy atom. The first-order chi connectivity index (χ1) is 9.22. The van der Waals surface area contributed by atoms with Crippen molar-refractivity contribution in [1.82, 2.24) is 0 Å². The predicted molar refractivity (Wildman–Crippen MR) is 81.4 cm³/mol. The third-order valence-corrected chi connectivity index (χ3v) is 4.07. The van der Waals surface area contributed by atoms with Crippen LogP contribution < -0.4 is 10.5 Å². The van der Waals surface area contributed by atoms with E-state index in [1.165, 1.54) is 30.4 Å². The number of ether oxygens (including phenoxy) is 1. The van der Waals surface area contributed by atoms with Crippen LogP contribution in [0.1, 0.15) is 23.1 Å². The minimum atomic E-state index is 0.512. The Labute approximate surface area is 121 Å². The van der Waals surface area contributed by atoms with Gasteiger partial charge in [-0.2, -0.15) is 0 Å². The molecule has 19 heavy (non-hydrogen) atoms. The number of hydrogen-bond donors (Lipinski definition) is 1. The molecule has 2 N–H and O–H groups in total. The monoisotopic (exact) mass is 317 g/mol. The molecule has 0 atom stereocenters. The van der Waals surface area contributed by atoms with Crippen molar-refractivity contribution in [3.63, 3.8) is 0 Å². The van der Waals surface area contributed by atoms with E-state index in [2.05, 4.69) is 34.1 Å². The number of aryl methyl sites for hydroxylation is 2. The van der Waals surface area contributed by atoms with Gasteiger partial charge in [0, 0.05) is 15.7 Å². The maximum absolute atomic E-state index is 5.97. The molecule has 2 aromatic carbocycles. The van der Waals surface area contributed by atoms with Gasteiger partial charge in [0.15, 0.2) is 0 Å². The number of benzene rings is 2. The minimum Gasteiger partial charge on any atom is -0.489 e. The molecule has 0 unspecified atom stereocenters. The molecule has 0 fully saturated rings. The molecule has 0 spiro atoms. The fourth-order valence-electron chi connectivity index (χ4n) is 2.50. The van der Waals surface area contributed by atoms with Crippen molar-refractivity contribution in [2.24, 2.45) is 0 Å². The van der Waals surface area contributed by atoms with E-state index in [0.717, 1.165) is 21.5 Å². The van der Waals surface area contributed by atoms with Gasteiger partial charge in [-0.1, -0.05) is 28.1 Å². The Morgan fingerprint density at radius 3 is 2.74 bits per heavy atom. The highest BCUT2D eigenvalue weighted by Crippen LogP contribution is 2.27. The second-order valence-corrected chi connectivity index (χ2v) is 5.83. The van der Waals surface area contributed by atoms with E-state index in [4.69, 9.17) is 10.5 Å². The van der Waals surface area contributed by atoms with Gasteiger partial charge in [-0.05, 0) is 54.7 Å². The normalized spacial score (nSPS) is 13.3. The Bertz CT molecular complexity index is 610. The number of fused-ring (bicyclic) bond motifs is 1. The van der Waals surface area contributed by atoms with Crippen LogP contribution in [-0.2, 0) is 19.4 Å². The topological polar surface area (TPSA) is 35.2 Å². The molecule has 0 aliphatic heterocycles. The quantitative estimate of drug-likeness (QED) is 0.865. The molecule has 3 rings (SSSR count). The summed E-state index contributed by atoms with van der Waals surface area (Å²) < 4.78 is 6.83. The van der Waals surface area contributed by atoms with Gasteiger partial charge in [-0.25, -0.2) is 0 Å². The van der Waals surface area contributed by atoms with Crippen molar-refractivity contribution in [3.05, 3.63) is 57.6 Å². The SMILES string of the molecule is Nc1cc(Br)ccc1COc1ccc2c(c1)CCC2. The molecular weight excluding hydrogens is 302 g/mol. The molecule has 0 saturated carbocycles. The zero-order chi connectivity index (χ0) is 13.2. The molecule has 0 amide bonds. The average molecular weight is 318 g/mol. The largest absolute Gasteiger partial charge is 0.489 e. The summed E-state index contributed by atoms with van der Waals surface area (Å²) in [7, 11) is 0. The number of nitrogens with two attached hydrogens (primary N) is 1. The Balaban J connectivity index is 1.72. The number of anilines is 1. The average Bonchev–Trinajstić information content (AvgIpc) is 2.85. The van der Waals surface area contributed by atoms with E-state index in [0.29, 0.717) is 6.61 Å². The van der Waals surface area contributed by atoms with E-state index in [-0.39, 0.29) is 0 Å². The van der Waals surface area contributed by atoms with Gasteiger partial charge in [0.05, 0.1) is 0 Å². The summed E-state index contributed by atoms with van der Waals surface area (Å²) in [5.41, 5.74) is 10.6. The molecule has 0 radical (unpaired) electrons. The van der Waals surface area contributed by atoms with Gasteiger partial charge in [0.1, 0.15) is 12.4 Å². The van der Waals surface area contributed by atoms with Crippen molar-refractivity contribution in [3.8, 4) is 5.75 Å². The smallest absolute Gasteiger partial charge is 0.120 e. The molecule has 0 saturated heterocycles. The predicted octanol–water partition coefficient (Wildman–Crippen LogP) is 4.10. The Kier molecular flexibility index (Phi) is 3.47. The minimum absolute atomic E-state index is 0.512. The summed E-state index contributed by atoms with van der Waals surface area (Å²) in [6, 6.07) is 12.3. The first-order valence-corrected chi connectivity index (χ1v) is 7.30. The van der Waals surface area contributed by atoms with Gasteiger partial charge in [0.2, 0.25) is 0 Å². The molecular formula is C16H16BrNO. The molecule has 0 aromatic heterocycles. The lowest BCUT2D eigenvalue weighted by Gasteiger charge is -2.10. The number of nitrogen functional groups attached to an aromatic ring is 1. The van der Waals surface area contributed by atoms with Crippen LogP contribution in [0.2, 0.25) is 0 Å². The maximum Gasteiger partial charge on any atom is 0.120 e. The van der Waals surface area contributed by atoms with Crippen LogP contribution in [0.5, 0.6) is 5.75 Å². The van der Waals surface area contributed by atoms with Crippen LogP contribution in [0.25, 0.3) is 0 Å². The molecule has 98 valence electrons. The molecule has 1 aliphatic rings. The van der Waals surface area contributed by atoms with Crippen LogP contribution in [0.15, 0.2) is 40.9 Å². The Hall–Kier alpha value is -1.48. The van der Waals surface area contributed by atoms with Gasteiger partial charge in [-0.15, -0.1) is 0 Å². The molecule has 2 nitrogen and oxygen atoms in total. The number of rotatable bonds is 3. The van der Waals surface area contributed by atoms with E-state index in [9.17, 15) is 0 Å². The molecule has 2 aromatic rings. The first kappa shape index (κ1) is 12.5. The van der Waals surface area contributed by atoms with Crippen LogP contribution in [-0.4, -0.2) is 0 Å². The lowest BCUT2D eigenvalue weighted by molar-refractivity contribution is 0.306. The van der Waals surface area contributed by atoms with Gasteiger partial charge < -0.3 is 10.5 Å². The van der Waals surface area contributed by atoms with E-state index in [1.54, 1.807) is 0 Å². The van der Waals surface area contributed by atoms with Gasteiger partial charge in [0.25, 0.3) is 0 Å². The van der Waals surface area contributed by atoms with Crippen molar-refractivity contribution < 1.29 is 4.74 Å². The lowest BCUT2D eigenvalue weighted by atomic mass is 10.1. The summed E-state index contributed by atoms with van der Waals surface area (Å²) in [4.78, 5) is 0. The summed E-state index contributed by atoms with van der Waals surface area (Å²) in [5, 5.41) is 0. The first-order valence-electron chi connectivity index (χ1n) is 6.51. The zero-order valence-electron chi connectivity index (χ0n) is 10.7. The standard InChI is InChI=1S/C16H16BrNO/c17-14-6-4-13(16(18)9-14)10-19-15-7-5-11-2-1-3-12(11)8-15/h4-9H,1-3,10,18H2. The van der Waals surface area contributed by atoms with Crippen molar-refractivity contribution in [1.29, 1.82) is 0 Å². The van der Waals surface area contributed by atoms with E-state index < -0.39 is 0 Å². The van der Waals surface area contributed by atoms with Crippen molar-refractivity contribution in [2.75, 3.05) is 5.73 Å². The Morgan fingerprint density at radius 2 is 1.89 bits per heavy atom. The highest BCUT2D eigenvalue weighted by molar-refractivity contribution is 9.10. The van der Waals surface area contributed by atoms with Crippen LogP contribution in [0.3, 0.4) is 0 Å². The summed E-state index contributed by atoms with van der Waals surface area (Å²) in [6.07, 6.45) is 3.64. The molecule has 0 heterocycles. The number of halogens is 1. The third-order valence-electron chi connectivity index (χ3n) is 3.57. The second-order valence-electron chi connectivity index (χ2n) is 4.92. The highest BCUT2D eigenvalue weighted by Gasteiger charge is 2.11. The highest BCUT2D eigenvalue weighted by atomic mass is 79.9. The van der Waals surface area contributed by atoms with Crippen molar-refractivity contribution in [2.45, 2.75) is 25.9 Å². The van der Waals surface area contributed by atoms with Gasteiger partial charge in [-0.3, -0.25) is 0 Å². The maximum atomic E-state index is 5.97. The van der Waals surface area contributed by atoms with E-state index in [1.807, 2.05) is 18.2 Å². The summed E-state index contributed by atoms with van der Waals surface area (Å²) in [6.45, 7) is 0.512. The fourth-order valence-corrected chi connectivity index (χ4v) is 2.88. The summed E-state index contributed by atoms with van der Waals surface area (Å²) >= 11 is 3.41. The van der Waals surface area contributed by atoms with Crippen LogP contribution >= 0.6 is 15.9 Å². The summed E-state index contributed by atoms with van der Waals surface area (Å²) in [5.74, 6) is 0.933. The van der Waals surface area contributed by atoms with Crippen LogP contribution in [0, 0.1) is 0 Å². The van der Waals surface area contributed by atoms with Gasteiger partial charge >= 0.3 is 0 Å². The van der Waals surface area contributed by atoms with Crippen molar-refractivity contribution >= 4 is 21.6 Å². The number of hydrogen-bond acceptors (Lipinski definition) is 2. The fraction of sp³-hybridized carbons (Fsp3) is 0.250. The molecule has 3 heteroatoms. The molecule has 1 aliphatic carbocycles. The van der Waals surface area contributed by atoms with Crippen LogP contribution in [0.4, 0.5) is 5.69 Å². The molecule has 0 bridgehead atoms.